The second-order valence-electron chi connectivity index (χ2n) is 5.15. The minimum absolute atomic E-state index is 0.00649. The van der Waals surface area contributed by atoms with E-state index in [0.29, 0.717) is 6.04 Å². The standard InChI is InChI=1S/C12H23N3O/c1-10(9-15-7-3-2-4-8-15)13-12(16)14-11-5-6-11/h10-11H,2-9H2,1H3,(H2,13,14,16). The summed E-state index contributed by atoms with van der Waals surface area (Å²) in [4.78, 5) is 14.0. The Bertz CT molecular complexity index is 234. The van der Waals surface area contributed by atoms with E-state index in [1.165, 1.54) is 32.4 Å². The van der Waals surface area contributed by atoms with Gasteiger partial charge in [0.15, 0.2) is 0 Å². The number of nitrogens with one attached hydrogen (secondary N) is 2. The zero-order valence-corrected chi connectivity index (χ0v) is 10.2. The average molecular weight is 225 g/mol. The number of likely N-dealkylation sites (tertiary alicyclic amines) is 1. The van der Waals surface area contributed by atoms with Crippen LogP contribution in [0.5, 0.6) is 0 Å². The maximum Gasteiger partial charge on any atom is 0.315 e. The minimum atomic E-state index is 0.00649. The van der Waals surface area contributed by atoms with Crippen molar-refractivity contribution in [2.24, 2.45) is 0 Å². The average Bonchev–Trinajstić information content (AvgIpc) is 3.02. The molecule has 2 amide bonds. The summed E-state index contributed by atoms with van der Waals surface area (Å²) < 4.78 is 0. The van der Waals surface area contributed by atoms with Gasteiger partial charge in [-0.3, -0.25) is 0 Å². The van der Waals surface area contributed by atoms with E-state index in [1.54, 1.807) is 0 Å². The van der Waals surface area contributed by atoms with Gasteiger partial charge < -0.3 is 15.5 Å². The number of rotatable bonds is 4. The number of hydrogen-bond acceptors (Lipinski definition) is 2. The Kier molecular flexibility index (Phi) is 4.04. The van der Waals surface area contributed by atoms with Crippen molar-refractivity contribution in [2.45, 2.75) is 51.1 Å². The third kappa shape index (κ3) is 4.00. The number of carbonyl (C=O) groups excluding carboxylic acids is 1. The van der Waals surface area contributed by atoms with Crippen LogP contribution in [0.1, 0.15) is 39.0 Å². The van der Waals surface area contributed by atoms with Gasteiger partial charge in [-0.05, 0) is 45.7 Å². The van der Waals surface area contributed by atoms with Crippen LogP contribution in [0.2, 0.25) is 0 Å². The molecule has 0 bridgehead atoms. The highest BCUT2D eigenvalue weighted by Crippen LogP contribution is 2.18. The zero-order valence-electron chi connectivity index (χ0n) is 10.2. The van der Waals surface area contributed by atoms with Crippen LogP contribution in [-0.4, -0.2) is 42.6 Å². The van der Waals surface area contributed by atoms with Gasteiger partial charge in [-0.1, -0.05) is 6.42 Å². The molecule has 0 aromatic heterocycles. The Labute approximate surface area is 97.8 Å². The molecule has 1 unspecified atom stereocenters. The largest absolute Gasteiger partial charge is 0.335 e. The molecular formula is C12H23N3O. The normalized spacial score (nSPS) is 23.8. The first-order chi connectivity index (χ1) is 7.74. The molecule has 2 fully saturated rings. The Morgan fingerprint density at radius 3 is 2.62 bits per heavy atom. The first-order valence-electron chi connectivity index (χ1n) is 6.53. The number of hydrogen-bond donors (Lipinski definition) is 2. The lowest BCUT2D eigenvalue weighted by Gasteiger charge is -2.29. The molecule has 2 aliphatic rings. The third-order valence-electron chi connectivity index (χ3n) is 3.27. The summed E-state index contributed by atoms with van der Waals surface area (Å²) in [5.74, 6) is 0. The molecule has 1 heterocycles. The molecule has 1 saturated heterocycles. The van der Waals surface area contributed by atoms with E-state index in [1.807, 2.05) is 0 Å². The van der Waals surface area contributed by atoms with E-state index in [0.717, 1.165) is 19.4 Å². The summed E-state index contributed by atoms with van der Waals surface area (Å²) in [5, 5.41) is 5.96. The second-order valence-corrected chi connectivity index (χ2v) is 5.15. The smallest absolute Gasteiger partial charge is 0.315 e. The molecule has 4 heteroatoms. The molecular weight excluding hydrogens is 202 g/mol. The fourth-order valence-electron chi connectivity index (χ4n) is 2.25. The van der Waals surface area contributed by atoms with Crippen molar-refractivity contribution in [1.29, 1.82) is 0 Å². The quantitative estimate of drug-likeness (QED) is 0.758. The summed E-state index contributed by atoms with van der Waals surface area (Å²) in [5.41, 5.74) is 0. The molecule has 0 aromatic rings. The minimum Gasteiger partial charge on any atom is -0.335 e. The molecule has 4 nitrogen and oxygen atoms in total. The fourth-order valence-corrected chi connectivity index (χ4v) is 2.25. The van der Waals surface area contributed by atoms with Crippen LogP contribution in [0.4, 0.5) is 4.79 Å². The van der Waals surface area contributed by atoms with Gasteiger partial charge in [0.1, 0.15) is 0 Å². The van der Waals surface area contributed by atoms with E-state index >= 15 is 0 Å². The van der Waals surface area contributed by atoms with Gasteiger partial charge in [0.2, 0.25) is 0 Å². The van der Waals surface area contributed by atoms with E-state index < -0.39 is 0 Å². The number of urea groups is 1. The molecule has 92 valence electrons. The van der Waals surface area contributed by atoms with Gasteiger partial charge in [0.25, 0.3) is 0 Å². The lowest BCUT2D eigenvalue weighted by atomic mass is 10.1. The number of amides is 2. The maximum absolute atomic E-state index is 11.5. The molecule has 2 rings (SSSR count). The van der Waals surface area contributed by atoms with Crippen molar-refractivity contribution in [3.63, 3.8) is 0 Å². The SMILES string of the molecule is CC(CN1CCCCC1)NC(=O)NC1CC1. The van der Waals surface area contributed by atoms with E-state index in [4.69, 9.17) is 0 Å². The molecule has 1 aliphatic heterocycles. The van der Waals surface area contributed by atoms with Crippen molar-refractivity contribution < 1.29 is 4.79 Å². The molecule has 0 aromatic carbocycles. The Morgan fingerprint density at radius 2 is 2.00 bits per heavy atom. The summed E-state index contributed by atoms with van der Waals surface area (Å²) in [7, 11) is 0. The summed E-state index contributed by atoms with van der Waals surface area (Å²) in [6.45, 7) is 5.45. The molecule has 16 heavy (non-hydrogen) atoms. The highest BCUT2D eigenvalue weighted by atomic mass is 16.2. The van der Waals surface area contributed by atoms with Crippen LogP contribution >= 0.6 is 0 Å². The van der Waals surface area contributed by atoms with Crippen molar-refractivity contribution in [1.82, 2.24) is 15.5 Å². The Hall–Kier alpha value is -0.770. The lowest BCUT2D eigenvalue weighted by molar-refractivity contribution is 0.203. The van der Waals surface area contributed by atoms with Gasteiger partial charge in [-0.15, -0.1) is 0 Å². The summed E-state index contributed by atoms with van der Waals surface area (Å²) >= 11 is 0. The van der Waals surface area contributed by atoms with Crippen molar-refractivity contribution in [3.8, 4) is 0 Å². The number of nitrogens with zero attached hydrogens (tertiary/aromatic N) is 1. The van der Waals surface area contributed by atoms with Crippen molar-refractivity contribution in [2.75, 3.05) is 19.6 Å². The molecule has 0 spiro atoms. The van der Waals surface area contributed by atoms with Crippen LogP contribution in [0.15, 0.2) is 0 Å². The lowest BCUT2D eigenvalue weighted by Crippen LogP contribution is -2.47. The summed E-state index contributed by atoms with van der Waals surface area (Å²) in [6, 6.07) is 0.700. The van der Waals surface area contributed by atoms with E-state index in [9.17, 15) is 4.79 Å². The zero-order chi connectivity index (χ0) is 11.4. The molecule has 1 aliphatic carbocycles. The van der Waals surface area contributed by atoms with Gasteiger partial charge >= 0.3 is 6.03 Å². The molecule has 1 saturated carbocycles. The second kappa shape index (κ2) is 5.53. The van der Waals surface area contributed by atoms with Crippen LogP contribution in [-0.2, 0) is 0 Å². The first-order valence-corrected chi connectivity index (χ1v) is 6.53. The number of carbonyl (C=O) groups is 1. The highest BCUT2D eigenvalue weighted by molar-refractivity contribution is 5.74. The highest BCUT2D eigenvalue weighted by Gasteiger charge is 2.24. The van der Waals surface area contributed by atoms with Crippen LogP contribution in [0.25, 0.3) is 0 Å². The van der Waals surface area contributed by atoms with Gasteiger partial charge in [-0.2, -0.15) is 0 Å². The Balaban J connectivity index is 1.61. The third-order valence-corrected chi connectivity index (χ3v) is 3.27. The first kappa shape index (κ1) is 11.7. The maximum atomic E-state index is 11.5. The fraction of sp³-hybridized carbons (Fsp3) is 0.917. The van der Waals surface area contributed by atoms with Gasteiger partial charge in [0, 0.05) is 18.6 Å². The van der Waals surface area contributed by atoms with E-state index in [-0.39, 0.29) is 12.1 Å². The monoisotopic (exact) mass is 225 g/mol. The van der Waals surface area contributed by atoms with Gasteiger partial charge in [0.05, 0.1) is 0 Å². The molecule has 2 N–H and O–H groups in total. The van der Waals surface area contributed by atoms with Gasteiger partial charge in [-0.25, -0.2) is 4.79 Å². The Morgan fingerprint density at radius 1 is 1.31 bits per heavy atom. The van der Waals surface area contributed by atoms with Crippen molar-refractivity contribution in [3.05, 3.63) is 0 Å². The summed E-state index contributed by atoms with van der Waals surface area (Å²) in [6.07, 6.45) is 6.27. The number of piperidine rings is 1. The predicted molar refractivity (Wildman–Crippen MR) is 64.4 cm³/mol. The molecule has 0 radical (unpaired) electrons. The van der Waals surface area contributed by atoms with E-state index in [2.05, 4.69) is 22.5 Å². The predicted octanol–water partition coefficient (Wildman–Crippen LogP) is 1.32. The molecule has 1 atom stereocenters. The van der Waals surface area contributed by atoms with Crippen LogP contribution < -0.4 is 10.6 Å². The van der Waals surface area contributed by atoms with Crippen molar-refractivity contribution >= 4 is 6.03 Å². The van der Waals surface area contributed by atoms with Crippen LogP contribution in [0.3, 0.4) is 0 Å². The van der Waals surface area contributed by atoms with Crippen LogP contribution in [0, 0.1) is 0 Å². The topological polar surface area (TPSA) is 44.4 Å².